The summed E-state index contributed by atoms with van der Waals surface area (Å²) in [5, 5.41) is -1.28. The van der Waals surface area contributed by atoms with Gasteiger partial charge in [-0.05, 0) is 17.7 Å². The van der Waals surface area contributed by atoms with Crippen LogP contribution in [0.25, 0.3) is 0 Å². The first-order chi connectivity index (χ1) is 6.45. The lowest BCUT2D eigenvalue weighted by molar-refractivity contribution is 0.476. The lowest BCUT2D eigenvalue weighted by atomic mass is 10.1. The molecule has 0 aromatic heterocycles. The zero-order valence-corrected chi connectivity index (χ0v) is 8.04. The van der Waals surface area contributed by atoms with E-state index in [-0.39, 0.29) is 5.56 Å². The van der Waals surface area contributed by atoms with E-state index in [9.17, 15) is 12.8 Å². The summed E-state index contributed by atoms with van der Waals surface area (Å²) in [7, 11) is -4.27. The summed E-state index contributed by atoms with van der Waals surface area (Å²) in [6.45, 7) is 3.27. The van der Waals surface area contributed by atoms with Crippen molar-refractivity contribution in [3.63, 3.8) is 0 Å². The average molecular weight is 216 g/mol. The van der Waals surface area contributed by atoms with Gasteiger partial charge in [0.2, 0.25) is 0 Å². The molecule has 5 heteroatoms. The van der Waals surface area contributed by atoms with Crippen molar-refractivity contribution in [2.75, 3.05) is 0 Å². The molecule has 0 saturated heterocycles. The van der Waals surface area contributed by atoms with Crippen LogP contribution >= 0.6 is 0 Å². The van der Waals surface area contributed by atoms with E-state index in [0.29, 0.717) is 0 Å². The fraction of sp³-hybridized carbons (Fsp3) is 0.111. The second-order valence-electron chi connectivity index (χ2n) is 2.73. The summed E-state index contributed by atoms with van der Waals surface area (Å²) in [4.78, 5) is 0. The molecule has 0 bridgehead atoms. The minimum Gasteiger partial charge on any atom is -0.285 e. The molecule has 0 saturated carbocycles. The van der Waals surface area contributed by atoms with E-state index in [4.69, 9.17) is 4.55 Å². The molecule has 0 spiro atoms. The number of halogens is 1. The third-order valence-corrected chi connectivity index (χ3v) is 2.82. The van der Waals surface area contributed by atoms with Crippen LogP contribution in [-0.2, 0) is 10.1 Å². The van der Waals surface area contributed by atoms with Crippen LogP contribution in [0.3, 0.4) is 0 Å². The van der Waals surface area contributed by atoms with Crippen LogP contribution in [0.5, 0.6) is 0 Å². The normalized spacial score (nSPS) is 13.6. The molecule has 76 valence electrons. The van der Waals surface area contributed by atoms with Gasteiger partial charge in [0.15, 0.2) is 0 Å². The van der Waals surface area contributed by atoms with Crippen LogP contribution in [-0.4, -0.2) is 13.0 Å². The third-order valence-electron chi connectivity index (χ3n) is 1.71. The van der Waals surface area contributed by atoms with Crippen LogP contribution in [0.1, 0.15) is 10.8 Å². The maximum atomic E-state index is 12.7. The molecule has 0 radical (unpaired) electrons. The summed E-state index contributed by atoms with van der Waals surface area (Å²) >= 11 is 0. The van der Waals surface area contributed by atoms with Gasteiger partial charge in [-0.25, -0.2) is 4.39 Å². The van der Waals surface area contributed by atoms with Crippen molar-refractivity contribution in [2.45, 2.75) is 5.25 Å². The Kier molecular flexibility index (Phi) is 3.03. The summed E-state index contributed by atoms with van der Waals surface area (Å²) in [6.07, 6.45) is 1.05. The molecule has 0 aliphatic heterocycles. The molecule has 3 nitrogen and oxygen atoms in total. The lowest BCUT2D eigenvalue weighted by Crippen LogP contribution is -2.09. The van der Waals surface area contributed by atoms with Gasteiger partial charge in [0.05, 0.1) is 0 Å². The molecule has 1 atom stereocenters. The Bertz CT molecular complexity index is 439. The molecular formula is C9H9FO3S. The van der Waals surface area contributed by atoms with Crippen molar-refractivity contribution in [1.29, 1.82) is 0 Å². The average Bonchev–Trinajstić information content (AvgIpc) is 2.02. The first-order valence-corrected chi connectivity index (χ1v) is 5.30. The van der Waals surface area contributed by atoms with Gasteiger partial charge in [0.25, 0.3) is 10.1 Å². The van der Waals surface area contributed by atoms with Crippen molar-refractivity contribution in [2.24, 2.45) is 0 Å². The molecule has 1 aromatic rings. The maximum Gasteiger partial charge on any atom is 0.275 e. The Hall–Kier alpha value is -1.20. The summed E-state index contributed by atoms with van der Waals surface area (Å²) in [6, 6.07) is 5.00. The minimum absolute atomic E-state index is 0.155. The van der Waals surface area contributed by atoms with Crippen LogP contribution in [0.2, 0.25) is 0 Å². The van der Waals surface area contributed by atoms with Crippen LogP contribution in [0.4, 0.5) is 4.39 Å². The molecule has 0 aliphatic rings. The Morgan fingerprint density at radius 2 is 2.14 bits per heavy atom. The number of hydrogen-bond donors (Lipinski definition) is 1. The Morgan fingerprint density at radius 3 is 2.57 bits per heavy atom. The molecule has 0 aliphatic carbocycles. The van der Waals surface area contributed by atoms with E-state index >= 15 is 0 Å². The van der Waals surface area contributed by atoms with Gasteiger partial charge in [-0.3, -0.25) is 4.55 Å². The Balaban J connectivity index is 3.21. The summed E-state index contributed by atoms with van der Waals surface area (Å²) < 4.78 is 43.2. The van der Waals surface area contributed by atoms with Gasteiger partial charge < -0.3 is 0 Å². The molecule has 0 fully saturated rings. The molecule has 1 N–H and O–H groups in total. The van der Waals surface area contributed by atoms with Crippen molar-refractivity contribution < 1.29 is 17.4 Å². The van der Waals surface area contributed by atoms with Crippen molar-refractivity contribution >= 4 is 10.1 Å². The van der Waals surface area contributed by atoms with Crippen molar-refractivity contribution in [3.05, 3.63) is 48.3 Å². The number of rotatable bonds is 3. The van der Waals surface area contributed by atoms with Gasteiger partial charge in [-0.15, -0.1) is 6.58 Å². The highest BCUT2D eigenvalue weighted by Gasteiger charge is 2.21. The lowest BCUT2D eigenvalue weighted by Gasteiger charge is -2.08. The fourth-order valence-corrected chi connectivity index (χ4v) is 1.85. The molecular weight excluding hydrogens is 207 g/mol. The second-order valence-corrected chi connectivity index (χ2v) is 4.26. The van der Waals surface area contributed by atoms with E-state index < -0.39 is 21.2 Å². The highest BCUT2D eigenvalue weighted by Crippen LogP contribution is 2.22. The van der Waals surface area contributed by atoms with Gasteiger partial charge >= 0.3 is 0 Å². The smallest absolute Gasteiger partial charge is 0.275 e. The van der Waals surface area contributed by atoms with Crippen molar-refractivity contribution in [3.8, 4) is 0 Å². The first kappa shape index (κ1) is 10.9. The van der Waals surface area contributed by atoms with E-state index in [1.165, 1.54) is 18.2 Å². The molecule has 1 rings (SSSR count). The standard InChI is InChI=1S/C9H9FO3S/c1-2-9(14(11,12)13)7-4-3-5-8(10)6-7/h2-6,9H,1H2,(H,11,12,13). The zero-order chi connectivity index (χ0) is 10.8. The predicted octanol–water partition coefficient (Wildman–Crippen LogP) is 1.94. The maximum absolute atomic E-state index is 12.7. The summed E-state index contributed by atoms with van der Waals surface area (Å²) in [5.74, 6) is -0.557. The van der Waals surface area contributed by atoms with Crippen LogP contribution in [0.15, 0.2) is 36.9 Å². The number of hydrogen-bond acceptors (Lipinski definition) is 2. The predicted molar refractivity (Wildman–Crippen MR) is 50.9 cm³/mol. The van der Waals surface area contributed by atoms with E-state index in [0.717, 1.165) is 12.1 Å². The molecule has 1 unspecified atom stereocenters. The highest BCUT2D eigenvalue weighted by atomic mass is 32.2. The Morgan fingerprint density at radius 1 is 1.50 bits per heavy atom. The minimum atomic E-state index is -4.27. The van der Waals surface area contributed by atoms with E-state index in [1.807, 2.05) is 0 Å². The highest BCUT2D eigenvalue weighted by molar-refractivity contribution is 7.86. The van der Waals surface area contributed by atoms with Gasteiger partial charge in [-0.1, -0.05) is 18.2 Å². The molecule has 14 heavy (non-hydrogen) atoms. The van der Waals surface area contributed by atoms with Crippen molar-refractivity contribution in [1.82, 2.24) is 0 Å². The molecule has 1 aromatic carbocycles. The quantitative estimate of drug-likeness (QED) is 0.620. The first-order valence-electron chi connectivity index (χ1n) is 3.79. The van der Waals surface area contributed by atoms with Crippen LogP contribution < -0.4 is 0 Å². The topological polar surface area (TPSA) is 54.4 Å². The molecule has 0 heterocycles. The van der Waals surface area contributed by atoms with Gasteiger partial charge in [0.1, 0.15) is 11.1 Å². The van der Waals surface area contributed by atoms with E-state index in [2.05, 4.69) is 6.58 Å². The second kappa shape index (κ2) is 3.89. The fourth-order valence-electron chi connectivity index (χ4n) is 1.11. The van der Waals surface area contributed by atoms with Crippen LogP contribution in [0, 0.1) is 5.82 Å². The van der Waals surface area contributed by atoms with E-state index in [1.54, 1.807) is 0 Å². The number of benzene rings is 1. The largest absolute Gasteiger partial charge is 0.285 e. The Labute approximate surface area is 81.6 Å². The SMILES string of the molecule is C=CC(c1cccc(F)c1)S(=O)(=O)O. The zero-order valence-electron chi connectivity index (χ0n) is 7.22. The summed E-state index contributed by atoms with van der Waals surface area (Å²) in [5.41, 5.74) is 0.155. The third kappa shape index (κ3) is 2.40. The molecule has 0 amide bonds. The van der Waals surface area contributed by atoms with Gasteiger partial charge in [0, 0.05) is 0 Å². The monoisotopic (exact) mass is 216 g/mol. The van der Waals surface area contributed by atoms with Gasteiger partial charge in [-0.2, -0.15) is 8.42 Å².